The van der Waals surface area contributed by atoms with Gasteiger partial charge in [-0.3, -0.25) is 0 Å². The molecule has 5 heteroatoms. The Morgan fingerprint density at radius 1 is 1.32 bits per heavy atom. The number of hydrogen-bond donors (Lipinski definition) is 1. The fourth-order valence-corrected chi connectivity index (χ4v) is 2.73. The largest absolute Gasteiger partial charge is 0.478 e. The quantitative estimate of drug-likeness (QED) is 0.872. The summed E-state index contributed by atoms with van der Waals surface area (Å²) >= 11 is 1.65. The van der Waals surface area contributed by atoms with E-state index in [9.17, 15) is 4.79 Å². The third-order valence-electron chi connectivity index (χ3n) is 3.15. The molecule has 0 saturated carbocycles. The molecule has 2 aromatic rings. The van der Waals surface area contributed by atoms with Crippen molar-refractivity contribution in [2.45, 2.75) is 24.8 Å². The van der Waals surface area contributed by atoms with Gasteiger partial charge >= 0.3 is 5.97 Å². The van der Waals surface area contributed by atoms with Crippen LogP contribution >= 0.6 is 11.8 Å². The molecule has 1 aromatic carbocycles. The maximum atomic E-state index is 10.8. The number of carboxylic acid groups (broad SMARTS) is 1. The van der Waals surface area contributed by atoms with Crippen molar-refractivity contribution in [2.75, 3.05) is 0 Å². The molecule has 19 heavy (non-hydrogen) atoms. The molecule has 0 radical (unpaired) electrons. The maximum Gasteiger partial charge on any atom is 0.335 e. The van der Waals surface area contributed by atoms with E-state index in [0.29, 0.717) is 5.56 Å². The lowest BCUT2D eigenvalue weighted by molar-refractivity contribution is 0.0697. The van der Waals surface area contributed by atoms with Crippen molar-refractivity contribution >= 4 is 17.7 Å². The summed E-state index contributed by atoms with van der Waals surface area (Å²) in [5.41, 5.74) is 3.63. The first kappa shape index (κ1) is 13.7. The Morgan fingerprint density at radius 2 is 1.95 bits per heavy atom. The van der Waals surface area contributed by atoms with Crippen LogP contribution < -0.4 is 0 Å². The highest BCUT2D eigenvalue weighted by atomic mass is 32.2. The van der Waals surface area contributed by atoms with Crippen LogP contribution in [0.15, 0.2) is 29.4 Å². The molecule has 4 nitrogen and oxygen atoms in total. The minimum atomic E-state index is -0.894. The van der Waals surface area contributed by atoms with E-state index in [1.165, 1.54) is 5.69 Å². The summed E-state index contributed by atoms with van der Waals surface area (Å²) in [5.74, 6) is -0.113. The molecule has 0 fully saturated rings. The predicted octanol–water partition coefficient (Wildman–Crippen LogP) is 3.03. The van der Waals surface area contributed by atoms with Gasteiger partial charge in [-0.1, -0.05) is 23.9 Å². The van der Waals surface area contributed by atoms with Crippen molar-refractivity contribution in [2.24, 2.45) is 7.05 Å². The summed E-state index contributed by atoms with van der Waals surface area (Å²) in [4.78, 5) is 15.3. The van der Waals surface area contributed by atoms with Crippen LogP contribution in [0, 0.1) is 13.8 Å². The molecule has 2 rings (SSSR count). The first-order valence-electron chi connectivity index (χ1n) is 5.94. The van der Waals surface area contributed by atoms with E-state index in [-0.39, 0.29) is 0 Å². The van der Waals surface area contributed by atoms with E-state index in [0.717, 1.165) is 22.2 Å². The smallest absolute Gasteiger partial charge is 0.335 e. The van der Waals surface area contributed by atoms with Gasteiger partial charge in [-0.15, -0.1) is 0 Å². The van der Waals surface area contributed by atoms with Crippen LogP contribution in [0.2, 0.25) is 0 Å². The predicted molar refractivity (Wildman–Crippen MR) is 75.6 cm³/mol. The molecular weight excluding hydrogens is 260 g/mol. The minimum absolute atomic E-state index is 0.317. The van der Waals surface area contributed by atoms with Gasteiger partial charge in [-0.05, 0) is 31.5 Å². The van der Waals surface area contributed by atoms with E-state index in [2.05, 4.69) is 9.55 Å². The van der Waals surface area contributed by atoms with Crippen LogP contribution in [0.5, 0.6) is 0 Å². The third kappa shape index (κ3) is 2.98. The molecular formula is C14H16N2O2S. The van der Waals surface area contributed by atoms with Crippen LogP contribution in [0.1, 0.15) is 27.3 Å². The number of aromatic carboxylic acids is 1. The number of thioether (sulfide) groups is 1. The molecule has 100 valence electrons. The number of nitrogens with zero attached hydrogens (tertiary/aromatic N) is 2. The number of rotatable bonds is 4. The summed E-state index contributed by atoms with van der Waals surface area (Å²) in [5, 5.41) is 9.82. The van der Waals surface area contributed by atoms with Gasteiger partial charge in [0.1, 0.15) is 0 Å². The fraction of sp³-hybridized carbons (Fsp3) is 0.286. The monoisotopic (exact) mass is 276 g/mol. The number of carbonyl (C=O) groups is 1. The van der Waals surface area contributed by atoms with Crippen molar-refractivity contribution in [3.63, 3.8) is 0 Å². The lowest BCUT2D eigenvalue weighted by Gasteiger charge is -2.03. The van der Waals surface area contributed by atoms with Crippen molar-refractivity contribution in [3.8, 4) is 0 Å². The number of imidazole rings is 1. The molecule has 0 atom stereocenters. The molecule has 0 aliphatic rings. The summed E-state index contributed by atoms with van der Waals surface area (Å²) in [7, 11) is 2.01. The highest BCUT2D eigenvalue weighted by Crippen LogP contribution is 2.23. The number of benzene rings is 1. The Labute approximate surface area is 116 Å². The van der Waals surface area contributed by atoms with Crippen molar-refractivity contribution < 1.29 is 9.90 Å². The van der Waals surface area contributed by atoms with Crippen LogP contribution in [0.25, 0.3) is 0 Å². The Bertz CT molecular complexity index is 603. The zero-order chi connectivity index (χ0) is 14.0. The Hall–Kier alpha value is -1.75. The van der Waals surface area contributed by atoms with Crippen LogP contribution in [-0.2, 0) is 12.8 Å². The Kier molecular flexibility index (Phi) is 3.95. The summed E-state index contributed by atoms with van der Waals surface area (Å²) in [6, 6.07) is 6.96. The van der Waals surface area contributed by atoms with Gasteiger partial charge < -0.3 is 9.67 Å². The molecule has 1 heterocycles. The minimum Gasteiger partial charge on any atom is -0.478 e. The zero-order valence-electron chi connectivity index (χ0n) is 11.2. The molecule has 1 N–H and O–H groups in total. The van der Waals surface area contributed by atoms with Gasteiger partial charge in [0.2, 0.25) is 0 Å². The normalized spacial score (nSPS) is 10.7. The van der Waals surface area contributed by atoms with Crippen molar-refractivity contribution in [1.82, 2.24) is 9.55 Å². The summed E-state index contributed by atoms with van der Waals surface area (Å²) in [6.45, 7) is 4.05. The number of aryl methyl sites for hydroxylation is 1. The van der Waals surface area contributed by atoms with Gasteiger partial charge in [-0.25, -0.2) is 9.78 Å². The number of hydrogen-bond acceptors (Lipinski definition) is 3. The van der Waals surface area contributed by atoms with Gasteiger partial charge in [0.15, 0.2) is 5.16 Å². The number of carboxylic acids is 1. The Morgan fingerprint density at radius 3 is 2.42 bits per heavy atom. The molecule has 0 amide bonds. The third-order valence-corrected chi connectivity index (χ3v) is 4.25. The molecule has 1 aromatic heterocycles. The van der Waals surface area contributed by atoms with E-state index in [4.69, 9.17) is 5.11 Å². The van der Waals surface area contributed by atoms with Crippen LogP contribution in [0.4, 0.5) is 0 Å². The molecule has 0 aliphatic heterocycles. The highest BCUT2D eigenvalue weighted by Gasteiger charge is 2.08. The lowest BCUT2D eigenvalue weighted by Crippen LogP contribution is -1.96. The van der Waals surface area contributed by atoms with Crippen LogP contribution in [-0.4, -0.2) is 20.6 Å². The highest BCUT2D eigenvalue weighted by molar-refractivity contribution is 7.98. The first-order chi connectivity index (χ1) is 8.99. The van der Waals surface area contributed by atoms with Gasteiger partial charge in [0.05, 0.1) is 11.3 Å². The molecule has 0 saturated heterocycles. The van der Waals surface area contributed by atoms with E-state index in [1.807, 2.05) is 33.0 Å². The first-order valence-corrected chi connectivity index (χ1v) is 6.92. The van der Waals surface area contributed by atoms with Crippen molar-refractivity contribution in [3.05, 3.63) is 46.8 Å². The van der Waals surface area contributed by atoms with Crippen molar-refractivity contribution in [1.29, 1.82) is 0 Å². The molecule has 0 bridgehead atoms. The van der Waals surface area contributed by atoms with E-state index < -0.39 is 5.97 Å². The average molecular weight is 276 g/mol. The second-order valence-electron chi connectivity index (χ2n) is 4.41. The second-order valence-corrected chi connectivity index (χ2v) is 5.36. The summed E-state index contributed by atoms with van der Waals surface area (Å²) < 4.78 is 2.08. The molecule has 0 spiro atoms. The summed E-state index contributed by atoms with van der Waals surface area (Å²) in [6.07, 6.45) is 0. The standard InChI is InChI=1S/C14H16N2O2S/c1-9-10(2)16(3)14(15-9)19-8-11-4-6-12(7-5-11)13(17)18/h4-7H,8H2,1-3H3,(H,17,18). The van der Waals surface area contributed by atoms with Gasteiger partial charge in [0.25, 0.3) is 0 Å². The average Bonchev–Trinajstić information content (AvgIpc) is 2.64. The fourth-order valence-electron chi connectivity index (χ4n) is 1.71. The molecule has 0 unspecified atom stereocenters. The van der Waals surface area contributed by atoms with Gasteiger partial charge in [0, 0.05) is 18.5 Å². The van der Waals surface area contributed by atoms with E-state index in [1.54, 1.807) is 23.9 Å². The van der Waals surface area contributed by atoms with Gasteiger partial charge in [-0.2, -0.15) is 0 Å². The SMILES string of the molecule is Cc1nc(SCc2ccc(C(=O)O)cc2)n(C)c1C. The second kappa shape index (κ2) is 5.48. The maximum absolute atomic E-state index is 10.8. The van der Waals surface area contributed by atoms with Crippen LogP contribution in [0.3, 0.4) is 0 Å². The topological polar surface area (TPSA) is 55.1 Å². The molecule has 0 aliphatic carbocycles. The number of aromatic nitrogens is 2. The lowest BCUT2D eigenvalue weighted by atomic mass is 10.1. The zero-order valence-corrected chi connectivity index (χ0v) is 12.0. The van der Waals surface area contributed by atoms with E-state index >= 15 is 0 Å². The Balaban J connectivity index is 2.06.